The highest BCUT2D eigenvalue weighted by Gasteiger charge is 2.23. The lowest BCUT2D eigenvalue weighted by molar-refractivity contribution is 0.133. The second-order valence-corrected chi connectivity index (χ2v) is 6.75. The van der Waals surface area contributed by atoms with Gasteiger partial charge in [0.2, 0.25) is 0 Å². The molecular weight excluding hydrogens is 298 g/mol. The summed E-state index contributed by atoms with van der Waals surface area (Å²) in [7, 11) is 0. The summed E-state index contributed by atoms with van der Waals surface area (Å²) in [6.07, 6.45) is 6.01. The molecule has 1 aromatic heterocycles. The van der Waals surface area contributed by atoms with Crippen LogP contribution in [0.25, 0.3) is 0 Å². The Morgan fingerprint density at radius 2 is 2.08 bits per heavy atom. The van der Waals surface area contributed by atoms with Gasteiger partial charge in [-0.15, -0.1) is 0 Å². The molecule has 1 aliphatic heterocycles. The number of hydrogen-bond donors (Lipinski definition) is 0. The lowest BCUT2D eigenvalue weighted by Crippen LogP contribution is -2.32. The SMILES string of the molecule is CCCC[C@H]1CN(Cc2cn(CC)nc2C)Cc2ccccc2O1. The minimum Gasteiger partial charge on any atom is -0.489 e. The number of benzene rings is 1. The van der Waals surface area contributed by atoms with E-state index in [1.165, 1.54) is 24.0 Å². The molecule has 4 nitrogen and oxygen atoms in total. The molecule has 0 unspecified atom stereocenters. The molecule has 1 atom stereocenters. The Kier molecular flexibility index (Phi) is 5.56. The standard InChI is InChI=1S/C20H29N3O/c1-4-6-10-19-15-22(12-17-9-7-8-11-20(17)24-19)13-18-14-23(5-2)21-16(18)3/h7-9,11,14,19H,4-6,10,12-13,15H2,1-3H3/t19-/m0/s1. The van der Waals surface area contributed by atoms with E-state index in [4.69, 9.17) is 4.74 Å². The molecule has 0 saturated carbocycles. The van der Waals surface area contributed by atoms with Gasteiger partial charge in [0.25, 0.3) is 0 Å². The number of rotatable bonds is 6. The molecule has 0 bridgehead atoms. The summed E-state index contributed by atoms with van der Waals surface area (Å²) >= 11 is 0. The second-order valence-electron chi connectivity index (χ2n) is 6.75. The fourth-order valence-electron chi connectivity index (χ4n) is 3.38. The van der Waals surface area contributed by atoms with Gasteiger partial charge in [-0.25, -0.2) is 0 Å². The highest BCUT2D eigenvalue weighted by Crippen LogP contribution is 2.27. The molecule has 0 aliphatic carbocycles. The fraction of sp³-hybridized carbons (Fsp3) is 0.550. The quantitative estimate of drug-likeness (QED) is 0.798. The summed E-state index contributed by atoms with van der Waals surface area (Å²) in [4.78, 5) is 2.51. The zero-order valence-corrected chi connectivity index (χ0v) is 15.2. The van der Waals surface area contributed by atoms with Crippen molar-refractivity contribution in [1.29, 1.82) is 0 Å². The highest BCUT2D eigenvalue weighted by atomic mass is 16.5. The Morgan fingerprint density at radius 1 is 1.25 bits per heavy atom. The molecule has 1 aliphatic rings. The maximum Gasteiger partial charge on any atom is 0.124 e. The van der Waals surface area contributed by atoms with Crippen LogP contribution in [-0.4, -0.2) is 27.3 Å². The predicted molar refractivity (Wildman–Crippen MR) is 97.1 cm³/mol. The van der Waals surface area contributed by atoms with Crippen molar-refractivity contribution >= 4 is 0 Å². The maximum absolute atomic E-state index is 6.32. The first-order chi connectivity index (χ1) is 11.7. The largest absolute Gasteiger partial charge is 0.489 e. The average molecular weight is 327 g/mol. The number of para-hydroxylation sites is 1. The van der Waals surface area contributed by atoms with Crippen molar-refractivity contribution in [2.24, 2.45) is 0 Å². The summed E-state index contributed by atoms with van der Waals surface area (Å²) in [5, 5.41) is 4.59. The van der Waals surface area contributed by atoms with Crippen molar-refractivity contribution in [3.63, 3.8) is 0 Å². The molecule has 0 radical (unpaired) electrons. The number of nitrogens with zero attached hydrogens (tertiary/aromatic N) is 3. The monoisotopic (exact) mass is 327 g/mol. The van der Waals surface area contributed by atoms with Gasteiger partial charge in [0.05, 0.1) is 5.69 Å². The summed E-state index contributed by atoms with van der Waals surface area (Å²) in [5.74, 6) is 1.06. The van der Waals surface area contributed by atoms with Crippen LogP contribution in [0.4, 0.5) is 0 Å². The van der Waals surface area contributed by atoms with E-state index in [0.717, 1.165) is 44.0 Å². The first-order valence-electron chi connectivity index (χ1n) is 9.19. The first-order valence-corrected chi connectivity index (χ1v) is 9.19. The lowest BCUT2D eigenvalue weighted by atomic mass is 10.1. The van der Waals surface area contributed by atoms with E-state index in [9.17, 15) is 0 Å². The Morgan fingerprint density at radius 3 is 2.83 bits per heavy atom. The van der Waals surface area contributed by atoms with Gasteiger partial charge < -0.3 is 4.74 Å². The minimum atomic E-state index is 0.273. The van der Waals surface area contributed by atoms with Gasteiger partial charge in [-0.2, -0.15) is 5.10 Å². The normalized spacial score (nSPS) is 18.0. The molecule has 0 N–H and O–H groups in total. The van der Waals surface area contributed by atoms with E-state index in [2.05, 4.69) is 61.2 Å². The minimum absolute atomic E-state index is 0.273. The molecule has 24 heavy (non-hydrogen) atoms. The van der Waals surface area contributed by atoms with Gasteiger partial charge in [-0.05, 0) is 32.8 Å². The second kappa shape index (κ2) is 7.84. The summed E-state index contributed by atoms with van der Waals surface area (Å²) in [6.45, 7) is 10.3. The van der Waals surface area contributed by atoms with Crippen LogP contribution < -0.4 is 4.74 Å². The topological polar surface area (TPSA) is 30.3 Å². The van der Waals surface area contributed by atoms with Gasteiger partial charge in [0, 0.05) is 43.5 Å². The van der Waals surface area contributed by atoms with E-state index in [1.54, 1.807) is 0 Å². The third-order valence-electron chi connectivity index (χ3n) is 4.77. The maximum atomic E-state index is 6.32. The number of ether oxygens (including phenoxy) is 1. The van der Waals surface area contributed by atoms with Crippen LogP contribution in [0.5, 0.6) is 5.75 Å². The molecule has 2 aromatic rings. The van der Waals surface area contributed by atoms with Gasteiger partial charge in [0.15, 0.2) is 0 Å². The van der Waals surface area contributed by atoms with E-state index in [1.807, 2.05) is 4.68 Å². The Hall–Kier alpha value is -1.81. The van der Waals surface area contributed by atoms with E-state index >= 15 is 0 Å². The van der Waals surface area contributed by atoms with Crippen LogP contribution in [0, 0.1) is 6.92 Å². The molecular formula is C20H29N3O. The van der Waals surface area contributed by atoms with Crippen LogP contribution in [-0.2, 0) is 19.6 Å². The molecule has 0 spiro atoms. The van der Waals surface area contributed by atoms with E-state index in [-0.39, 0.29) is 6.10 Å². The fourth-order valence-corrected chi connectivity index (χ4v) is 3.38. The van der Waals surface area contributed by atoms with Gasteiger partial charge in [-0.3, -0.25) is 9.58 Å². The van der Waals surface area contributed by atoms with E-state index < -0.39 is 0 Å². The average Bonchev–Trinajstić information content (AvgIpc) is 2.84. The highest BCUT2D eigenvalue weighted by molar-refractivity contribution is 5.34. The first kappa shape index (κ1) is 17.0. The number of aromatic nitrogens is 2. The Balaban J connectivity index is 1.79. The van der Waals surface area contributed by atoms with Crippen molar-refractivity contribution in [1.82, 2.24) is 14.7 Å². The van der Waals surface area contributed by atoms with Crippen LogP contribution in [0.1, 0.15) is 49.9 Å². The summed E-state index contributed by atoms with van der Waals surface area (Å²) in [5.41, 5.74) is 3.75. The summed E-state index contributed by atoms with van der Waals surface area (Å²) < 4.78 is 8.35. The zero-order valence-electron chi connectivity index (χ0n) is 15.2. The van der Waals surface area contributed by atoms with Crippen molar-refractivity contribution in [2.75, 3.05) is 6.54 Å². The molecule has 4 heteroatoms. The van der Waals surface area contributed by atoms with Crippen molar-refractivity contribution in [3.05, 3.63) is 47.3 Å². The molecule has 130 valence electrons. The molecule has 0 fully saturated rings. The summed E-state index contributed by atoms with van der Waals surface area (Å²) in [6, 6.07) is 8.47. The third kappa shape index (κ3) is 3.99. The smallest absolute Gasteiger partial charge is 0.124 e. The van der Waals surface area contributed by atoms with Gasteiger partial charge in [0.1, 0.15) is 11.9 Å². The van der Waals surface area contributed by atoms with Crippen LogP contribution in [0.3, 0.4) is 0 Å². The Bertz CT molecular complexity index is 665. The molecule has 2 heterocycles. The third-order valence-corrected chi connectivity index (χ3v) is 4.77. The zero-order chi connectivity index (χ0) is 16.9. The van der Waals surface area contributed by atoms with Gasteiger partial charge >= 0.3 is 0 Å². The van der Waals surface area contributed by atoms with Gasteiger partial charge in [-0.1, -0.05) is 31.5 Å². The number of unbranched alkanes of at least 4 members (excludes halogenated alkanes) is 1. The lowest BCUT2D eigenvalue weighted by Gasteiger charge is -2.23. The molecule has 0 saturated heterocycles. The van der Waals surface area contributed by atoms with Crippen LogP contribution in [0.15, 0.2) is 30.5 Å². The van der Waals surface area contributed by atoms with Crippen molar-refractivity contribution < 1.29 is 4.74 Å². The molecule has 3 rings (SSSR count). The number of fused-ring (bicyclic) bond motifs is 1. The van der Waals surface area contributed by atoms with Crippen LogP contribution >= 0.6 is 0 Å². The predicted octanol–water partition coefficient (Wildman–Crippen LogP) is 4.16. The van der Waals surface area contributed by atoms with Crippen LogP contribution in [0.2, 0.25) is 0 Å². The molecule has 0 amide bonds. The van der Waals surface area contributed by atoms with E-state index in [0.29, 0.717) is 0 Å². The Labute approximate surface area is 145 Å². The number of hydrogen-bond acceptors (Lipinski definition) is 3. The molecule has 1 aromatic carbocycles. The van der Waals surface area contributed by atoms with Crippen molar-refractivity contribution in [3.8, 4) is 5.75 Å². The van der Waals surface area contributed by atoms with Crippen molar-refractivity contribution in [2.45, 2.75) is 65.8 Å². The number of aryl methyl sites for hydroxylation is 2.